The molecule has 0 spiro atoms. The normalized spacial score (nSPS) is 13.6. The van der Waals surface area contributed by atoms with Crippen LogP contribution in [0, 0.1) is 0 Å². The van der Waals surface area contributed by atoms with E-state index >= 15 is 0 Å². The number of rotatable bonds is 3. The van der Waals surface area contributed by atoms with Crippen LogP contribution in [0.1, 0.15) is 11.5 Å². The van der Waals surface area contributed by atoms with Crippen LogP contribution in [0.4, 0.5) is 0 Å². The highest BCUT2D eigenvalue weighted by Crippen LogP contribution is 2.40. The van der Waals surface area contributed by atoms with Crippen LogP contribution in [0.25, 0.3) is 23.3 Å². The first kappa shape index (κ1) is 13.7. The van der Waals surface area contributed by atoms with Gasteiger partial charge in [-0.2, -0.15) is 0 Å². The summed E-state index contributed by atoms with van der Waals surface area (Å²) in [5, 5.41) is 0. The number of methoxy groups -OCH3 is 1. The minimum Gasteiger partial charge on any atom is -0.493 e. The predicted octanol–water partition coefficient (Wildman–Crippen LogP) is 3.78. The Labute approximate surface area is 133 Å². The van der Waals surface area contributed by atoms with Crippen LogP contribution in [0.15, 0.2) is 40.8 Å². The van der Waals surface area contributed by atoms with Gasteiger partial charge in [0.15, 0.2) is 17.1 Å². The molecule has 0 amide bonds. The molecular formula is C18H15NO4. The average Bonchev–Trinajstić information content (AvgIpc) is 3.02. The fraction of sp³-hybridized carbons (Fsp3) is 0.167. The summed E-state index contributed by atoms with van der Waals surface area (Å²) in [4.78, 5) is 4.42. The Morgan fingerprint density at radius 3 is 2.83 bits per heavy atom. The van der Waals surface area contributed by atoms with E-state index in [2.05, 4.69) is 4.98 Å². The number of fused-ring (bicyclic) bond motifs is 2. The molecule has 116 valence electrons. The van der Waals surface area contributed by atoms with Crippen molar-refractivity contribution in [3.05, 3.63) is 47.9 Å². The second-order valence-corrected chi connectivity index (χ2v) is 5.10. The van der Waals surface area contributed by atoms with Crippen LogP contribution >= 0.6 is 0 Å². The standard InChI is InChI=1S/C18H15NO4/c1-20-15-10-12(11-16-18(15)22-9-8-21-16)6-7-17-19-13-4-2-3-5-14(13)23-17/h2-7,10-11H,8-9H2,1H3/b7-6+. The van der Waals surface area contributed by atoms with Gasteiger partial charge >= 0.3 is 0 Å². The van der Waals surface area contributed by atoms with Gasteiger partial charge in [-0.1, -0.05) is 12.1 Å². The fourth-order valence-electron chi connectivity index (χ4n) is 2.52. The lowest BCUT2D eigenvalue weighted by Gasteiger charge is -2.20. The fourth-order valence-corrected chi connectivity index (χ4v) is 2.52. The molecule has 1 aliphatic rings. The maximum absolute atomic E-state index is 5.67. The SMILES string of the molecule is COc1cc(/C=C/c2nc3ccccc3o2)cc2c1OCCO2. The first-order chi connectivity index (χ1) is 11.3. The zero-order valence-electron chi connectivity index (χ0n) is 12.6. The van der Waals surface area contributed by atoms with E-state index in [1.54, 1.807) is 7.11 Å². The molecule has 0 saturated carbocycles. The van der Waals surface area contributed by atoms with Gasteiger partial charge in [-0.25, -0.2) is 4.98 Å². The van der Waals surface area contributed by atoms with Crippen molar-refractivity contribution in [2.24, 2.45) is 0 Å². The first-order valence-electron chi connectivity index (χ1n) is 7.35. The number of hydrogen-bond acceptors (Lipinski definition) is 5. The predicted molar refractivity (Wildman–Crippen MR) is 86.9 cm³/mol. The van der Waals surface area contributed by atoms with E-state index in [-0.39, 0.29) is 0 Å². The highest BCUT2D eigenvalue weighted by Gasteiger charge is 2.17. The Morgan fingerprint density at radius 2 is 1.96 bits per heavy atom. The van der Waals surface area contributed by atoms with E-state index in [1.807, 2.05) is 48.6 Å². The quantitative estimate of drug-likeness (QED) is 0.737. The van der Waals surface area contributed by atoms with Gasteiger partial charge in [-0.15, -0.1) is 0 Å². The van der Waals surface area contributed by atoms with Gasteiger partial charge in [0.05, 0.1) is 7.11 Å². The number of hydrogen-bond donors (Lipinski definition) is 0. The summed E-state index contributed by atoms with van der Waals surface area (Å²) < 4.78 is 22.3. The number of para-hydroxylation sites is 2. The molecule has 0 N–H and O–H groups in total. The molecule has 0 bridgehead atoms. The molecule has 0 unspecified atom stereocenters. The Bertz CT molecular complexity index is 832. The van der Waals surface area contributed by atoms with E-state index in [0.29, 0.717) is 36.4 Å². The van der Waals surface area contributed by atoms with E-state index in [4.69, 9.17) is 18.6 Å². The van der Waals surface area contributed by atoms with Gasteiger partial charge in [-0.3, -0.25) is 0 Å². The molecule has 2 heterocycles. The van der Waals surface area contributed by atoms with Crippen LogP contribution in [0.5, 0.6) is 17.2 Å². The number of oxazole rings is 1. The van der Waals surface area contributed by atoms with E-state index in [9.17, 15) is 0 Å². The number of nitrogens with zero attached hydrogens (tertiary/aromatic N) is 1. The Hall–Kier alpha value is -2.95. The minimum absolute atomic E-state index is 0.529. The second kappa shape index (κ2) is 5.68. The van der Waals surface area contributed by atoms with E-state index < -0.39 is 0 Å². The van der Waals surface area contributed by atoms with Crippen molar-refractivity contribution in [3.63, 3.8) is 0 Å². The summed E-state index contributed by atoms with van der Waals surface area (Å²) in [6, 6.07) is 11.5. The van der Waals surface area contributed by atoms with Crippen LogP contribution in [-0.4, -0.2) is 25.3 Å². The molecular weight excluding hydrogens is 294 g/mol. The van der Waals surface area contributed by atoms with Crippen molar-refractivity contribution in [2.75, 3.05) is 20.3 Å². The summed E-state index contributed by atoms with van der Waals surface area (Å²) >= 11 is 0. The third-order valence-corrected chi connectivity index (χ3v) is 3.58. The number of aromatic nitrogens is 1. The lowest BCUT2D eigenvalue weighted by atomic mass is 10.1. The highest BCUT2D eigenvalue weighted by atomic mass is 16.6. The van der Waals surface area contributed by atoms with Gasteiger partial charge in [0.1, 0.15) is 18.7 Å². The lowest BCUT2D eigenvalue weighted by molar-refractivity contribution is 0.165. The molecule has 0 radical (unpaired) electrons. The molecule has 23 heavy (non-hydrogen) atoms. The summed E-state index contributed by atoms with van der Waals surface area (Å²) in [6.07, 6.45) is 3.73. The van der Waals surface area contributed by atoms with Crippen LogP contribution in [0.2, 0.25) is 0 Å². The number of benzene rings is 2. The molecule has 5 nitrogen and oxygen atoms in total. The van der Waals surface area contributed by atoms with Gasteiger partial charge in [-0.05, 0) is 35.9 Å². The molecule has 0 atom stereocenters. The van der Waals surface area contributed by atoms with Crippen molar-refractivity contribution in [1.82, 2.24) is 4.98 Å². The summed E-state index contributed by atoms with van der Waals surface area (Å²) in [5.41, 5.74) is 2.53. The molecule has 5 heteroatoms. The van der Waals surface area contributed by atoms with E-state index in [0.717, 1.165) is 16.7 Å². The average molecular weight is 309 g/mol. The van der Waals surface area contributed by atoms with E-state index in [1.165, 1.54) is 0 Å². The summed E-state index contributed by atoms with van der Waals surface area (Å²) in [7, 11) is 1.61. The maximum Gasteiger partial charge on any atom is 0.220 e. The molecule has 4 rings (SSSR count). The second-order valence-electron chi connectivity index (χ2n) is 5.10. The van der Waals surface area contributed by atoms with Gasteiger partial charge < -0.3 is 18.6 Å². The topological polar surface area (TPSA) is 53.7 Å². The monoisotopic (exact) mass is 309 g/mol. The van der Waals surface area contributed by atoms with Crippen molar-refractivity contribution < 1.29 is 18.6 Å². The summed E-state index contributed by atoms with van der Waals surface area (Å²) in [6.45, 7) is 1.07. The molecule has 0 saturated heterocycles. The number of ether oxygens (including phenoxy) is 3. The van der Waals surface area contributed by atoms with Gasteiger partial charge in [0.25, 0.3) is 0 Å². The summed E-state index contributed by atoms with van der Waals surface area (Å²) in [5.74, 6) is 2.55. The van der Waals surface area contributed by atoms with Crippen molar-refractivity contribution in [3.8, 4) is 17.2 Å². The Morgan fingerprint density at radius 1 is 1.09 bits per heavy atom. The first-order valence-corrected chi connectivity index (χ1v) is 7.35. The molecule has 0 aliphatic carbocycles. The minimum atomic E-state index is 0.529. The third kappa shape index (κ3) is 2.61. The lowest BCUT2D eigenvalue weighted by Crippen LogP contribution is -2.16. The largest absolute Gasteiger partial charge is 0.493 e. The molecule has 1 aromatic heterocycles. The van der Waals surface area contributed by atoms with Gasteiger partial charge in [0, 0.05) is 6.08 Å². The van der Waals surface area contributed by atoms with Gasteiger partial charge in [0.2, 0.25) is 11.6 Å². The maximum atomic E-state index is 5.67. The third-order valence-electron chi connectivity index (χ3n) is 3.58. The zero-order valence-corrected chi connectivity index (χ0v) is 12.6. The molecule has 1 aliphatic heterocycles. The molecule has 3 aromatic rings. The zero-order chi connectivity index (χ0) is 15.6. The Kier molecular flexibility index (Phi) is 3.38. The van der Waals surface area contributed by atoms with Crippen molar-refractivity contribution in [2.45, 2.75) is 0 Å². The van der Waals surface area contributed by atoms with Crippen LogP contribution < -0.4 is 14.2 Å². The van der Waals surface area contributed by atoms with Crippen LogP contribution in [-0.2, 0) is 0 Å². The van der Waals surface area contributed by atoms with Crippen molar-refractivity contribution >= 4 is 23.3 Å². The smallest absolute Gasteiger partial charge is 0.220 e. The van der Waals surface area contributed by atoms with Crippen LogP contribution in [0.3, 0.4) is 0 Å². The Balaban J connectivity index is 1.67. The highest BCUT2D eigenvalue weighted by molar-refractivity contribution is 5.76. The van der Waals surface area contributed by atoms with Crippen molar-refractivity contribution in [1.29, 1.82) is 0 Å². The molecule has 2 aromatic carbocycles. The molecule has 0 fully saturated rings.